The summed E-state index contributed by atoms with van der Waals surface area (Å²) in [6.07, 6.45) is 4.65. The molecule has 1 atom stereocenters. The van der Waals surface area contributed by atoms with Crippen molar-refractivity contribution in [2.24, 2.45) is 0 Å². The average Bonchev–Trinajstić information content (AvgIpc) is 3.17. The van der Waals surface area contributed by atoms with Gasteiger partial charge >= 0.3 is 5.97 Å². The van der Waals surface area contributed by atoms with Gasteiger partial charge in [0, 0.05) is 13.2 Å². The quantitative estimate of drug-likeness (QED) is 0.693. The molecule has 1 aliphatic heterocycles. The third-order valence-electron chi connectivity index (χ3n) is 4.58. The summed E-state index contributed by atoms with van der Waals surface area (Å²) in [4.78, 5) is 12.3. The summed E-state index contributed by atoms with van der Waals surface area (Å²) in [5, 5.41) is 7.72. The Balaban J connectivity index is 1.79. The Morgan fingerprint density at radius 2 is 2.11 bits per heavy atom. The summed E-state index contributed by atoms with van der Waals surface area (Å²) in [5.41, 5.74) is 1.85. The number of nitrogens with zero attached hydrogens (tertiary/aromatic N) is 2. The summed E-state index contributed by atoms with van der Waals surface area (Å²) >= 11 is 0. The molecule has 0 spiro atoms. The van der Waals surface area contributed by atoms with Crippen molar-refractivity contribution in [1.29, 1.82) is 0 Å². The van der Waals surface area contributed by atoms with Gasteiger partial charge in [-0.25, -0.2) is 9.48 Å². The van der Waals surface area contributed by atoms with Crippen molar-refractivity contribution in [1.82, 2.24) is 9.78 Å². The first-order chi connectivity index (χ1) is 13.7. The Labute approximate surface area is 164 Å². The van der Waals surface area contributed by atoms with Gasteiger partial charge in [-0.1, -0.05) is 6.07 Å². The van der Waals surface area contributed by atoms with Crippen LogP contribution in [0.15, 0.2) is 24.4 Å². The number of ether oxygens (including phenoxy) is 4. The van der Waals surface area contributed by atoms with Crippen LogP contribution in [0, 0.1) is 0 Å². The zero-order valence-electron chi connectivity index (χ0n) is 16.6. The molecule has 0 aliphatic carbocycles. The van der Waals surface area contributed by atoms with Crippen molar-refractivity contribution in [3.8, 4) is 11.5 Å². The molecule has 1 fully saturated rings. The van der Waals surface area contributed by atoms with E-state index in [-0.39, 0.29) is 11.9 Å². The molecular formula is C20H27N3O5. The zero-order chi connectivity index (χ0) is 19.9. The Morgan fingerprint density at radius 3 is 2.79 bits per heavy atom. The van der Waals surface area contributed by atoms with E-state index in [9.17, 15) is 4.79 Å². The van der Waals surface area contributed by atoms with E-state index in [0.717, 1.165) is 24.8 Å². The first kappa shape index (κ1) is 20.0. The lowest BCUT2D eigenvalue weighted by molar-refractivity contribution is -0.0396. The summed E-state index contributed by atoms with van der Waals surface area (Å²) in [6, 6.07) is 5.68. The highest BCUT2D eigenvalue weighted by Gasteiger charge is 2.23. The van der Waals surface area contributed by atoms with E-state index < -0.39 is 5.97 Å². The number of hydrogen-bond acceptors (Lipinski definition) is 7. The second-order valence-corrected chi connectivity index (χ2v) is 6.46. The number of carbonyl (C=O) groups excluding carboxylic acids is 1. The third-order valence-corrected chi connectivity index (χ3v) is 4.58. The molecule has 1 aromatic heterocycles. The van der Waals surface area contributed by atoms with Crippen molar-refractivity contribution in [3.63, 3.8) is 0 Å². The lowest BCUT2D eigenvalue weighted by Gasteiger charge is -2.22. The number of esters is 1. The van der Waals surface area contributed by atoms with E-state index in [4.69, 9.17) is 18.9 Å². The van der Waals surface area contributed by atoms with Gasteiger partial charge in [-0.15, -0.1) is 0 Å². The van der Waals surface area contributed by atoms with Crippen molar-refractivity contribution >= 4 is 11.7 Å². The van der Waals surface area contributed by atoms with Gasteiger partial charge in [0.25, 0.3) is 0 Å². The summed E-state index contributed by atoms with van der Waals surface area (Å²) in [5.74, 6) is 0.867. The first-order valence-corrected chi connectivity index (χ1v) is 9.49. The number of hydrogen-bond donors (Lipinski definition) is 1. The number of anilines is 1. The number of carbonyl (C=O) groups is 1. The molecule has 0 saturated carbocycles. The Morgan fingerprint density at radius 1 is 1.29 bits per heavy atom. The molecule has 28 heavy (non-hydrogen) atoms. The van der Waals surface area contributed by atoms with Crippen LogP contribution >= 0.6 is 0 Å². The molecule has 1 N–H and O–H groups in total. The summed E-state index contributed by atoms with van der Waals surface area (Å²) < 4.78 is 23.3. The highest BCUT2D eigenvalue weighted by Crippen LogP contribution is 2.29. The molecule has 3 rings (SSSR count). The van der Waals surface area contributed by atoms with Gasteiger partial charge in [-0.3, -0.25) is 0 Å². The predicted octanol–water partition coefficient (Wildman–Crippen LogP) is 3.39. The SMILES string of the molecule is CCOC(=O)c1nn(C2CCCCO2)cc1NCc1ccc(OC)c(OC)c1. The van der Waals surface area contributed by atoms with Crippen LogP contribution in [0.25, 0.3) is 0 Å². The van der Waals surface area contributed by atoms with Crippen LogP contribution in [0.5, 0.6) is 11.5 Å². The van der Waals surface area contributed by atoms with Gasteiger partial charge in [0.05, 0.1) is 32.7 Å². The lowest BCUT2D eigenvalue weighted by Crippen LogP contribution is -2.19. The highest BCUT2D eigenvalue weighted by atomic mass is 16.5. The van der Waals surface area contributed by atoms with Crippen LogP contribution in [-0.4, -0.2) is 43.2 Å². The molecular weight excluding hydrogens is 362 g/mol. The minimum Gasteiger partial charge on any atom is -0.493 e. The van der Waals surface area contributed by atoms with E-state index in [1.807, 2.05) is 24.4 Å². The summed E-state index contributed by atoms with van der Waals surface area (Å²) in [6.45, 7) is 3.26. The smallest absolute Gasteiger partial charge is 0.361 e. The standard InChI is InChI=1S/C20H27N3O5/c1-4-27-20(24)19-15(13-23(22-19)18-7-5-6-10-28-18)21-12-14-8-9-16(25-2)17(11-14)26-3/h8-9,11,13,18,21H,4-7,10,12H2,1-3H3. The van der Waals surface area contributed by atoms with Gasteiger partial charge in [0.15, 0.2) is 17.2 Å². The number of rotatable bonds is 8. The molecule has 152 valence electrons. The van der Waals surface area contributed by atoms with Crippen LogP contribution < -0.4 is 14.8 Å². The number of methoxy groups -OCH3 is 2. The maximum atomic E-state index is 12.3. The van der Waals surface area contributed by atoms with E-state index >= 15 is 0 Å². The van der Waals surface area contributed by atoms with Crippen molar-refractivity contribution < 1.29 is 23.7 Å². The molecule has 1 unspecified atom stereocenters. The number of nitrogens with one attached hydrogen (secondary N) is 1. The molecule has 0 radical (unpaired) electrons. The van der Waals surface area contributed by atoms with Crippen molar-refractivity contribution in [3.05, 3.63) is 35.7 Å². The lowest BCUT2D eigenvalue weighted by atomic mass is 10.2. The minimum absolute atomic E-state index is 0.154. The molecule has 1 saturated heterocycles. The third kappa shape index (κ3) is 4.56. The largest absolute Gasteiger partial charge is 0.493 e. The topological polar surface area (TPSA) is 83.8 Å². The van der Waals surface area contributed by atoms with E-state index in [1.165, 1.54) is 0 Å². The van der Waals surface area contributed by atoms with Crippen LogP contribution in [0.3, 0.4) is 0 Å². The van der Waals surface area contributed by atoms with Crippen LogP contribution in [0.4, 0.5) is 5.69 Å². The van der Waals surface area contributed by atoms with Gasteiger partial charge < -0.3 is 24.3 Å². The first-order valence-electron chi connectivity index (χ1n) is 9.49. The van der Waals surface area contributed by atoms with E-state index in [2.05, 4.69) is 10.4 Å². The molecule has 2 heterocycles. The molecule has 1 aromatic carbocycles. The van der Waals surface area contributed by atoms with Crippen LogP contribution in [0.1, 0.15) is 48.5 Å². The second kappa shape index (κ2) is 9.45. The second-order valence-electron chi connectivity index (χ2n) is 6.46. The van der Waals surface area contributed by atoms with Gasteiger partial charge in [0.2, 0.25) is 0 Å². The maximum Gasteiger partial charge on any atom is 0.361 e. The molecule has 1 aliphatic rings. The van der Waals surface area contributed by atoms with Gasteiger partial charge in [0.1, 0.15) is 6.23 Å². The molecule has 2 aromatic rings. The Kier molecular flexibility index (Phi) is 6.76. The Hall–Kier alpha value is -2.74. The number of aromatic nitrogens is 2. The molecule has 0 amide bonds. The summed E-state index contributed by atoms with van der Waals surface area (Å²) in [7, 11) is 3.20. The fourth-order valence-corrected chi connectivity index (χ4v) is 3.14. The predicted molar refractivity (Wildman–Crippen MR) is 104 cm³/mol. The van der Waals surface area contributed by atoms with Crippen molar-refractivity contribution in [2.45, 2.75) is 39.0 Å². The van der Waals surface area contributed by atoms with E-state index in [1.54, 1.807) is 25.8 Å². The van der Waals surface area contributed by atoms with Crippen LogP contribution in [-0.2, 0) is 16.0 Å². The monoisotopic (exact) mass is 389 g/mol. The van der Waals surface area contributed by atoms with E-state index in [0.29, 0.717) is 36.9 Å². The van der Waals surface area contributed by atoms with Crippen LogP contribution in [0.2, 0.25) is 0 Å². The number of benzene rings is 1. The van der Waals surface area contributed by atoms with Crippen molar-refractivity contribution in [2.75, 3.05) is 32.8 Å². The average molecular weight is 389 g/mol. The fourth-order valence-electron chi connectivity index (χ4n) is 3.14. The normalized spacial score (nSPS) is 16.5. The minimum atomic E-state index is -0.452. The molecule has 0 bridgehead atoms. The highest BCUT2D eigenvalue weighted by molar-refractivity contribution is 5.93. The fraction of sp³-hybridized carbons (Fsp3) is 0.500. The van der Waals surface area contributed by atoms with Gasteiger partial charge in [-0.05, 0) is 43.9 Å². The maximum absolute atomic E-state index is 12.3. The van der Waals surface area contributed by atoms with Gasteiger partial charge in [-0.2, -0.15) is 5.10 Å². The molecule has 8 heteroatoms. The zero-order valence-corrected chi connectivity index (χ0v) is 16.6. The Bertz CT molecular complexity index is 799. The molecule has 8 nitrogen and oxygen atoms in total.